The summed E-state index contributed by atoms with van der Waals surface area (Å²) in [5.41, 5.74) is 0.974. The molecule has 3 aliphatic heterocycles. The van der Waals surface area contributed by atoms with Crippen molar-refractivity contribution in [3.63, 3.8) is 0 Å². The van der Waals surface area contributed by atoms with Crippen molar-refractivity contribution < 1.29 is 4.79 Å². The molecule has 3 atom stereocenters. The summed E-state index contributed by atoms with van der Waals surface area (Å²) in [5.74, 6) is 0.637. The van der Waals surface area contributed by atoms with E-state index in [1.54, 1.807) is 12.1 Å². The third-order valence-corrected chi connectivity index (χ3v) is 5.07. The maximum Gasteiger partial charge on any atom is 0.250 e. The molecule has 0 aromatic carbocycles. The van der Waals surface area contributed by atoms with E-state index in [1.807, 2.05) is 10.6 Å². The average Bonchev–Trinajstić information content (AvgIpc) is 2.45. The van der Waals surface area contributed by atoms with Gasteiger partial charge in [0.2, 0.25) is 5.91 Å². The van der Waals surface area contributed by atoms with E-state index in [9.17, 15) is 9.59 Å². The van der Waals surface area contributed by atoms with E-state index in [0.717, 1.165) is 38.0 Å². The minimum atomic E-state index is -0.0815. The van der Waals surface area contributed by atoms with Gasteiger partial charge in [0, 0.05) is 30.9 Å². The van der Waals surface area contributed by atoms with E-state index in [4.69, 9.17) is 0 Å². The highest BCUT2D eigenvalue weighted by Crippen LogP contribution is 2.42. The molecular weight excluding hydrogens is 240 g/mol. The highest BCUT2D eigenvalue weighted by molar-refractivity contribution is 5.85. The Kier molecular flexibility index (Phi) is 2.34. The number of pyridine rings is 1. The van der Waals surface area contributed by atoms with E-state index >= 15 is 0 Å². The number of carbonyl (C=O) groups excluding carboxylic acids is 1. The summed E-state index contributed by atoms with van der Waals surface area (Å²) < 4.78 is 1.84. The van der Waals surface area contributed by atoms with Crippen molar-refractivity contribution in [1.29, 1.82) is 0 Å². The molecule has 1 amide bonds. The number of amides is 1. The molecule has 0 aliphatic carbocycles. The fraction of sp³-hybridized carbons (Fsp3) is 0.600. The Morgan fingerprint density at radius 3 is 2.95 bits per heavy atom. The van der Waals surface area contributed by atoms with Gasteiger partial charge in [-0.15, -0.1) is 0 Å². The van der Waals surface area contributed by atoms with Gasteiger partial charge in [-0.2, -0.15) is 0 Å². The summed E-state index contributed by atoms with van der Waals surface area (Å²) in [6, 6.07) is 5.71. The van der Waals surface area contributed by atoms with Gasteiger partial charge < -0.3 is 9.47 Å². The van der Waals surface area contributed by atoms with E-state index in [2.05, 4.69) is 4.90 Å². The molecule has 2 saturated heterocycles. The van der Waals surface area contributed by atoms with Crippen molar-refractivity contribution in [1.82, 2.24) is 9.47 Å². The number of nitrogens with zero attached hydrogens (tertiary/aromatic N) is 2. The first kappa shape index (κ1) is 11.3. The van der Waals surface area contributed by atoms with Crippen LogP contribution in [0, 0.1) is 5.92 Å². The molecule has 4 nitrogen and oxygen atoms in total. The first-order valence-corrected chi connectivity index (χ1v) is 7.26. The van der Waals surface area contributed by atoms with Gasteiger partial charge in [0.05, 0.1) is 5.92 Å². The van der Waals surface area contributed by atoms with Gasteiger partial charge in [0.15, 0.2) is 0 Å². The zero-order valence-electron chi connectivity index (χ0n) is 10.9. The normalized spacial score (nSPS) is 32.7. The highest BCUT2D eigenvalue weighted by Gasteiger charge is 2.46. The van der Waals surface area contributed by atoms with Crippen molar-refractivity contribution in [2.24, 2.45) is 5.92 Å². The second kappa shape index (κ2) is 3.95. The molecule has 4 heterocycles. The van der Waals surface area contributed by atoms with Crippen molar-refractivity contribution in [3.8, 4) is 0 Å². The summed E-state index contributed by atoms with van der Waals surface area (Å²) in [7, 11) is 0. The van der Waals surface area contributed by atoms with Crippen molar-refractivity contribution >= 4 is 5.91 Å². The second-order valence-corrected chi connectivity index (χ2v) is 6.04. The maximum absolute atomic E-state index is 12.7. The van der Waals surface area contributed by atoms with Crippen LogP contribution in [-0.4, -0.2) is 28.0 Å². The quantitative estimate of drug-likeness (QED) is 0.705. The Bertz CT molecular complexity index is 592. The molecule has 4 rings (SSSR count). The average molecular weight is 258 g/mol. The van der Waals surface area contributed by atoms with Crippen LogP contribution in [0.2, 0.25) is 0 Å². The SMILES string of the molecule is O=C1[C@@H]2C[C@@H](Cn3c2cccc3=O)[C@H]2CCCCN12. The third-order valence-electron chi connectivity index (χ3n) is 5.07. The lowest BCUT2D eigenvalue weighted by molar-refractivity contribution is -0.145. The Morgan fingerprint density at radius 1 is 1.16 bits per heavy atom. The molecule has 1 aromatic heterocycles. The van der Waals surface area contributed by atoms with Gasteiger partial charge in [0.1, 0.15) is 0 Å². The summed E-state index contributed by atoms with van der Waals surface area (Å²) in [6.07, 6.45) is 4.39. The zero-order chi connectivity index (χ0) is 13.0. The van der Waals surface area contributed by atoms with Gasteiger partial charge in [-0.25, -0.2) is 0 Å². The van der Waals surface area contributed by atoms with Gasteiger partial charge in [-0.1, -0.05) is 6.07 Å². The molecule has 0 unspecified atom stereocenters. The number of aromatic nitrogens is 1. The van der Waals surface area contributed by atoms with Crippen LogP contribution < -0.4 is 5.56 Å². The van der Waals surface area contributed by atoms with Crippen LogP contribution >= 0.6 is 0 Å². The van der Waals surface area contributed by atoms with Crippen LogP contribution in [0.5, 0.6) is 0 Å². The Labute approximate surface area is 112 Å². The molecule has 0 N–H and O–H groups in total. The number of carbonyl (C=O) groups is 1. The highest BCUT2D eigenvalue weighted by atomic mass is 16.2. The maximum atomic E-state index is 12.7. The topological polar surface area (TPSA) is 42.3 Å². The number of hydrogen-bond donors (Lipinski definition) is 0. The third kappa shape index (κ3) is 1.52. The van der Waals surface area contributed by atoms with Crippen LogP contribution in [0.25, 0.3) is 0 Å². The molecule has 3 aliphatic rings. The van der Waals surface area contributed by atoms with Gasteiger partial charge >= 0.3 is 0 Å². The summed E-state index contributed by atoms with van der Waals surface area (Å²) in [5, 5.41) is 0. The predicted octanol–water partition coefficient (Wildman–Crippen LogP) is 1.35. The first-order chi connectivity index (χ1) is 9.25. The number of hydrogen-bond acceptors (Lipinski definition) is 2. The fourth-order valence-electron chi connectivity index (χ4n) is 4.20. The van der Waals surface area contributed by atoms with Crippen LogP contribution in [0.3, 0.4) is 0 Å². The Hall–Kier alpha value is -1.58. The molecule has 0 spiro atoms. The number of piperidine rings is 2. The first-order valence-electron chi connectivity index (χ1n) is 7.26. The smallest absolute Gasteiger partial charge is 0.250 e. The molecule has 2 bridgehead atoms. The van der Waals surface area contributed by atoms with Crippen LogP contribution in [0.1, 0.15) is 37.3 Å². The lowest BCUT2D eigenvalue weighted by Crippen LogP contribution is -2.57. The van der Waals surface area contributed by atoms with Crippen molar-refractivity contribution in [2.75, 3.05) is 6.54 Å². The van der Waals surface area contributed by atoms with Crippen LogP contribution in [0.4, 0.5) is 0 Å². The molecule has 2 fully saturated rings. The molecule has 1 aromatic rings. The Morgan fingerprint density at radius 2 is 2.05 bits per heavy atom. The standard InChI is InChI=1S/C15H18N2O2/c18-14-6-3-5-13-11-8-10(9-17(13)14)12-4-1-2-7-16(12)15(11)19/h3,5-6,10-12H,1-2,4,7-9H2/t10-,11+,12+/m0/s1. The van der Waals surface area contributed by atoms with E-state index in [-0.39, 0.29) is 17.4 Å². The van der Waals surface area contributed by atoms with Gasteiger partial charge in [0.25, 0.3) is 5.56 Å². The summed E-state index contributed by atoms with van der Waals surface area (Å²) in [4.78, 5) is 26.8. The zero-order valence-corrected chi connectivity index (χ0v) is 10.9. The molecule has 0 saturated carbocycles. The van der Waals surface area contributed by atoms with Gasteiger partial charge in [-0.05, 0) is 37.7 Å². The largest absolute Gasteiger partial charge is 0.339 e. The summed E-state index contributed by atoms with van der Waals surface area (Å²) in [6.45, 7) is 1.70. The van der Waals surface area contributed by atoms with Crippen molar-refractivity contribution in [2.45, 2.75) is 44.2 Å². The summed E-state index contributed by atoms with van der Waals surface area (Å²) >= 11 is 0. The Balaban J connectivity index is 1.83. The molecule has 4 heteroatoms. The predicted molar refractivity (Wildman–Crippen MR) is 70.9 cm³/mol. The van der Waals surface area contributed by atoms with E-state index in [1.165, 1.54) is 6.42 Å². The molecule has 19 heavy (non-hydrogen) atoms. The van der Waals surface area contributed by atoms with E-state index < -0.39 is 0 Å². The number of fused-ring (bicyclic) bond motifs is 6. The minimum Gasteiger partial charge on any atom is -0.339 e. The van der Waals surface area contributed by atoms with Crippen LogP contribution in [0.15, 0.2) is 23.0 Å². The molecular formula is C15H18N2O2. The lowest BCUT2D eigenvalue weighted by Gasteiger charge is -2.50. The van der Waals surface area contributed by atoms with E-state index in [0.29, 0.717) is 12.0 Å². The van der Waals surface area contributed by atoms with Crippen molar-refractivity contribution in [3.05, 3.63) is 34.2 Å². The molecule has 0 radical (unpaired) electrons. The van der Waals surface area contributed by atoms with Crippen LogP contribution in [-0.2, 0) is 11.3 Å². The monoisotopic (exact) mass is 258 g/mol. The fourth-order valence-corrected chi connectivity index (χ4v) is 4.20. The lowest BCUT2D eigenvalue weighted by atomic mass is 9.75. The van der Waals surface area contributed by atoms with Gasteiger partial charge in [-0.3, -0.25) is 9.59 Å². The second-order valence-electron chi connectivity index (χ2n) is 6.04. The molecule has 100 valence electrons. The number of rotatable bonds is 0. The minimum absolute atomic E-state index is 0.0456.